The fourth-order valence-corrected chi connectivity index (χ4v) is 13.0. The number of aliphatic hydroxyl groups excluding tert-OH is 1. The van der Waals surface area contributed by atoms with E-state index in [0.717, 1.165) is 12.8 Å². The highest BCUT2D eigenvalue weighted by Crippen LogP contribution is 2.48. The fraction of sp³-hybridized carbons (Fsp3) is 0.632. The monoisotopic (exact) mass is 652 g/mol. The average Bonchev–Trinajstić information content (AvgIpc) is 2.94. The van der Waals surface area contributed by atoms with Gasteiger partial charge in [-0.1, -0.05) is 114 Å². The van der Waals surface area contributed by atoms with Crippen molar-refractivity contribution in [2.75, 3.05) is 6.61 Å². The van der Waals surface area contributed by atoms with Crippen molar-refractivity contribution in [3.8, 4) is 0 Å². The molecular formula is C38H60O5Si2. The molecule has 0 unspecified atom stereocenters. The highest BCUT2D eigenvalue weighted by atomic mass is 28.4. The Morgan fingerprint density at radius 1 is 0.911 bits per heavy atom. The molecule has 4 rings (SSSR count). The highest BCUT2D eigenvalue weighted by molar-refractivity contribution is 6.99. The molecule has 0 saturated carbocycles. The number of allylic oxidation sites excluding steroid dienone is 2. The first kappa shape index (κ1) is 36.3. The fourth-order valence-electron chi connectivity index (χ4n) is 7.11. The summed E-state index contributed by atoms with van der Waals surface area (Å²) in [6, 6.07) is 21.5. The number of ether oxygens (including phenoxy) is 2. The molecule has 7 heteroatoms. The number of hydrogen-bond acceptors (Lipinski definition) is 5. The van der Waals surface area contributed by atoms with E-state index in [1.807, 2.05) is 6.92 Å². The smallest absolute Gasteiger partial charge is 0.261 e. The van der Waals surface area contributed by atoms with E-state index < -0.39 is 33.9 Å². The molecule has 2 aromatic rings. The number of hydrogen-bond donors (Lipinski definition) is 1. The van der Waals surface area contributed by atoms with Gasteiger partial charge in [-0.25, -0.2) is 0 Å². The van der Waals surface area contributed by atoms with Gasteiger partial charge in [-0.3, -0.25) is 0 Å². The number of rotatable bonds is 10. The number of aliphatic hydroxyl groups is 1. The summed E-state index contributed by atoms with van der Waals surface area (Å²) in [7, 11) is -4.96. The van der Waals surface area contributed by atoms with Crippen LogP contribution in [0.15, 0.2) is 72.8 Å². The zero-order valence-electron chi connectivity index (χ0n) is 29.9. The molecule has 250 valence electrons. The summed E-state index contributed by atoms with van der Waals surface area (Å²) in [6.07, 6.45) is 5.71. The van der Waals surface area contributed by atoms with Crippen LogP contribution in [-0.2, 0) is 18.3 Å². The quantitative estimate of drug-likeness (QED) is 0.210. The summed E-state index contributed by atoms with van der Waals surface area (Å²) in [4.78, 5) is 0. The largest absolute Gasteiger partial charge is 0.411 e. The Kier molecular flexibility index (Phi) is 10.9. The summed E-state index contributed by atoms with van der Waals surface area (Å²) in [6.45, 7) is 25.1. The summed E-state index contributed by atoms with van der Waals surface area (Å²) >= 11 is 0. The molecule has 0 aromatic heterocycles. The molecule has 0 radical (unpaired) electrons. The van der Waals surface area contributed by atoms with Gasteiger partial charge in [-0.05, 0) is 67.2 Å². The van der Waals surface area contributed by atoms with E-state index >= 15 is 0 Å². The topological polar surface area (TPSA) is 57.2 Å². The van der Waals surface area contributed by atoms with E-state index in [4.69, 9.17) is 18.3 Å². The Morgan fingerprint density at radius 3 is 1.96 bits per heavy atom. The van der Waals surface area contributed by atoms with Crippen LogP contribution in [0, 0.1) is 0 Å². The predicted molar refractivity (Wildman–Crippen MR) is 191 cm³/mol. The predicted octanol–water partition coefficient (Wildman–Crippen LogP) is 7.77. The Balaban J connectivity index is 1.72. The lowest BCUT2D eigenvalue weighted by Crippen LogP contribution is -2.69. The minimum Gasteiger partial charge on any atom is -0.411 e. The molecule has 2 fully saturated rings. The van der Waals surface area contributed by atoms with E-state index in [1.165, 1.54) is 10.4 Å². The maximum Gasteiger partial charge on any atom is 0.261 e. The van der Waals surface area contributed by atoms with E-state index in [2.05, 4.69) is 141 Å². The second-order valence-electron chi connectivity index (χ2n) is 16.3. The second kappa shape index (κ2) is 13.5. The lowest BCUT2D eigenvalue weighted by Gasteiger charge is -2.57. The first-order valence-electron chi connectivity index (χ1n) is 17.0. The minimum absolute atomic E-state index is 0.0404. The maximum absolute atomic E-state index is 11.4. The van der Waals surface area contributed by atoms with Crippen LogP contribution >= 0.6 is 0 Å². The van der Waals surface area contributed by atoms with Crippen molar-refractivity contribution < 1.29 is 23.4 Å². The van der Waals surface area contributed by atoms with Gasteiger partial charge in [0.15, 0.2) is 8.32 Å². The second-order valence-corrected chi connectivity index (χ2v) is 25.4. The average molecular weight is 653 g/mol. The summed E-state index contributed by atoms with van der Waals surface area (Å²) < 4.78 is 28.6. The summed E-state index contributed by atoms with van der Waals surface area (Å²) in [5, 5.41) is 13.8. The van der Waals surface area contributed by atoms with E-state index in [-0.39, 0.29) is 28.4 Å². The minimum atomic E-state index is -2.79. The summed E-state index contributed by atoms with van der Waals surface area (Å²) in [5.41, 5.74) is -1.22. The van der Waals surface area contributed by atoms with Gasteiger partial charge in [-0.15, -0.1) is 0 Å². The Morgan fingerprint density at radius 2 is 1.47 bits per heavy atom. The van der Waals surface area contributed by atoms with Crippen molar-refractivity contribution >= 4 is 27.0 Å². The normalized spacial score (nSPS) is 30.0. The van der Waals surface area contributed by atoms with Crippen LogP contribution < -0.4 is 10.4 Å². The zero-order valence-corrected chi connectivity index (χ0v) is 31.9. The lowest BCUT2D eigenvalue weighted by atomic mass is 9.76. The summed E-state index contributed by atoms with van der Waals surface area (Å²) in [5.74, 6) is 0. The van der Waals surface area contributed by atoms with Crippen LogP contribution in [0.2, 0.25) is 23.2 Å². The molecule has 2 aromatic carbocycles. The lowest BCUT2D eigenvalue weighted by molar-refractivity contribution is -0.315. The van der Waals surface area contributed by atoms with E-state index in [1.54, 1.807) is 0 Å². The van der Waals surface area contributed by atoms with Crippen LogP contribution in [0.25, 0.3) is 0 Å². The molecule has 5 nitrogen and oxygen atoms in total. The van der Waals surface area contributed by atoms with Crippen molar-refractivity contribution in [2.45, 2.75) is 147 Å². The Bertz CT molecular complexity index is 1230. The molecule has 0 bridgehead atoms. The van der Waals surface area contributed by atoms with Crippen molar-refractivity contribution in [3.63, 3.8) is 0 Å². The van der Waals surface area contributed by atoms with Gasteiger partial charge in [0.2, 0.25) is 0 Å². The molecular weight excluding hydrogens is 593 g/mol. The molecule has 2 aliphatic heterocycles. The Labute approximate surface area is 276 Å². The van der Waals surface area contributed by atoms with Gasteiger partial charge in [0.25, 0.3) is 8.32 Å². The third-order valence-corrected chi connectivity index (χ3v) is 20.3. The van der Waals surface area contributed by atoms with Crippen LogP contribution in [0.3, 0.4) is 0 Å². The van der Waals surface area contributed by atoms with Crippen LogP contribution in [-0.4, -0.2) is 64.0 Å². The first-order valence-corrected chi connectivity index (χ1v) is 21.8. The van der Waals surface area contributed by atoms with Crippen molar-refractivity contribution in [1.82, 2.24) is 0 Å². The van der Waals surface area contributed by atoms with Crippen LogP contribution in [0.5, 0.6) is 0 Å². The molecule has 0 aliphatic carbocycles. The van der Waals surface area contributed by atoms with Gasteiger partial charge in [0.05, 0.1) is 36.1 Å². The molecule has 2 heterocycles. The van der Waals surface area contributed by atoms with E-state index in [9.17, 15) is 5.11 Å². The molecule has 45 heavy (non-hydrogen) atoms. The maximum atomic E-state index is 11.4. The SMILES string of the molecule is C/C=C\CC[C@]1(C)O[C@]2(C)C[C@H](O[Si](C)(C)C(C)(C)C)[C@@H](CO[Si](c3ccccc3)(c3ccccc3)C(C)(C)C)O[C@H]2C[C@H]1O. The van der Waals surface area contributed by atoms with Crippen molar-refractivity contribution in [1.29, 1.82) is 0 Å². The number of fused-ring (bicyclic) bond motifs is 1. The van der Waals surface area contributed by atoms with Gasteiger partial charge < -0.3 is 23.4 Å². The van der Waals surface area contributed by atoms with Crippen molar-refractivity contribution in [3.05, 3.63) is 72.8 Å². The third kappa shape index (κ3) is 7.45. The molecule has 0 amide bonds. The number of benzene rings is 2. The van der Waals surface area contributed by atoms with Gasteiger partial charge >= 0.3 is 0 Å². The highest BCUT2D eigenvalue weighted by Gasteiger charge is 2.58. The van der Waals surface area contributed by atoms with Crippen LogP contribution in [0.1, 0.15) is 88.0 Å². The zero-order chi connectivity index (χ0) is 33.3. The standard InChI is InChI=1S/C38H60O5Si2/c1-12-13-20-25-37(8)33(39)26-34-38(9,43-37)27-31(42-44(10,11)35(2,3)4)32(41-34)28-40-45(36(5,6)7,29-21-16-14-17-22-29)30-23-18-15-19-24-30/h12-19,21-24,31-34,39H,20,25-28H2,1-11H3/b13-12-/t31-,32+,33+,34-,37-,38+/m0/s1. The first-order chi connectivity index (χ1) is 20.9. The third-order valence-electron chi connectivity index (χ3n) is 10.8. The molecule has 1 N–H and O–H groups in total. The van der Waals surface area contributed by atoms with Gasteiger partial charge in [0, 0.05) is 12.8 Å². The van der Waals surface area contributed by atoms with Gasteiger partial charge in [0.1, 0.15) is 6.10 Å². The van der Waals surface area contributed by atoms with Crippen molar-refractivity contribution in [2.24, 2.45) is 0 Å². The van der Waals surface area contributed by atoms with Gasteiger partial charge in [-0.2, -0.15) is 0 Å². The molecule has 2 aliphatic rings. The molecule has 2 saturated heterocycles. The van der Waals surface area contributed by atoms with Crippen LogP contribution in [0.4, 0.5) is 0 Å². The molecule has 0 spiro atoms. The van der Waals surface area contributed by atoms with E-state index in [0.29, 0.717) is 19.4 Å². The molecule has 6 atom stereocenters. The Hall–Kier alpha value is -1.59.